The molecule has 8 nitrogen and oxygen atoms in total. The fraction of sp³-hybridized carbons (Fsp3) is 0.524. The summed E-state index contributed by atoms with van der Waals surface area (Å²) in [6, 6.07) is 10.4. The number of hydrogen-bond donors (Lipinski definition) is 2. The van der Waals surface area contributed by atoms with E-state index in [1.165, 1.54) is 5.56 Å². The average Bonchev–Trinajstić information content (AvgIpc) is 3.28. The molecular formula is C21H33IN6O2. The van der Waals surface area contributed by atoms with E-state index >= 15 is 0 Å². The Morgan fingerprint density at radius 2 is 2.00 bits per heavy atom. The fourth-order valence-corrected chi connectivity index (χ4v) is 3.39. The molecule has 2 aromatic rings. The standard InChI is InChI=1S/C21H32N6O2.HI/c1-3-22-21(23-10-12-27-11-4-9-25-27)24-17-20(26-13-15-29-16-14-26)18-5-7-19(28-2)8-6-18;/h4-9,11,20H,3,10,12-17H2,1-2H3,(H2,22,23,24);1H. The molecule has 0 spiro atoms. The van der Waals surface area contributed by atoms with Crippen molar-refractivity contribution in [2.75, 3.05) is 53.0 Å². The van der Waals surface area contributed by atoms with Crippen LogP contribution in [-0.2, 0) is 11.3 Å². The van der Waals surface area contributed by atoms with Crippen LogP contribution < -0.4 is 15.4 Å². The summed E-state index contributed by atoms with van der Waals surface area (Å²) in [4.78, 5) is 7.32. The van der Waals surface area contributed by atoms with Crippen molar-refractivity contribution in [3.05, 3.63) is 48.3 Å². The molecule has 0 amide bonds. The average molecular weight is 528 g/mol. The second-order valence-electron chi connectivity index (χ2n) is 6.85. The molecule has 1 aliphatic heterocycles. The molecule has 1 fully saturated rings. The fourth-order valence-electron chi connectivity index (χ4n) is 3.39. The van der Waals surface area contributed by atoms with Crippen molar-refractivity contribution in [3.8, 4) is 5.75 Å². The van der Waals surface area contributed by atoms with Gasteiger partial charge in [-0.2, -0.15) is 5.10 Å². The number of aliphatic imine (C=N–C) groups is 1. The van der Waals surface area contributed by atoms with Crippen molar-refractivity contribution in [2.45, 2.75) is 19.5 Å². The van der Waals surface area contributed by atoms with Gasteiger partial charge in [-0.1, -0.05) is 12.1 Å². The van der Waals surface area contributed by atoms with Crippen molar-refractivity contribution in [3.63, 3.8) is 0 Å². The summed E-state index contributed by atoms with van der Waals surface area (Å²) in [6.07, 6.45) is 3.75. The third-order valence-corrected chi connectivity index (χ3v) is 4.95. The number of guanidine groups is 1. The van der Waals surface area contributed by atoms with Crippen LogP contribution in [0.5, 0.6) is 5.75 Å². The quantitative estimate of drug-likeness (QED) is 0.295. The SMILES string of the molecule is CCNC(=NCC(c1ccc(OC)cc1)N1CCOCC1)NCCn1cccn1.I. The van der Waals surface area contributed by atoms with Gasteiger partial charge in [-0.05, 0) is 30.7 Å². The lowest BCUT2D eigenvalue weighted by molar-refractivity contribution is 0.0179. The lowest BCUT2D eigenvalue weighted by atomic mass is 10.0. The molecule has 30 heavy (non-hydrogen) atoms. The van der Waals surface area contributed by atoms with E-state index in [1.54, 1.807) is 13.3 Å². The first-order valence-electron chi connectivity index (χ1n) is 10.3. The molecule has 3 rings (SSSR count). The molecule has 2 N–H and O–H groups in total. The second kappa shape index (κ2) is 13.5. The number of rotatable bonds is 9. The van der Waals surface area contributed by atoms with Gasteiger partial charge in [-0.15, -0.1) is 24.0 Å². The molecule has 0 aliphatic carbocycles. The minimum Gasteiger partial charge on any atom is -0.497 e. The monoisotopic (exact) mass is 528 g/mol. The summed E-state index contributed by atoms with van der Waals surface area (Å²) in [5.74, 6) is 1.69. The maximum Gasteiger partial charge on any atom is 0.191 e. The predicted octanol–water partition coefficient (Wildman–Crippen LogP) is 2.14. The van der Waals surface area contributed by atoms with Gasteiger partial charge in [0.2, 0.25) is 0 Å². The number of nitrogens with one attached hydrogen (secondary N) is 2. The van der Waals surface area contributed by atoms with Gasteiger partial charge in [0.15, 0.2) is 5.96 Å². The topological polar surface area (TPSA) is 75.9 Å². The van der Waals surface area contributed by atoms with Crippen LogP contribution in [-0.4, -0.2) is 73.7 Å². The molecular weight excluding hydrogens is 495 g/mol. The van der Waals surface area contributed by atoms with Crippen LogP contribution in [0, 0.1) is 0 Å². The second-order valence-corrected chi connectivity index (χ2v) is 6.85. The summed E-state index contributed by atoms with van der Waals surface area (Å²) in [6.45, 7) is 8.47. The number of ether oxygens (including phenoxy) is 2. The Morgan fingerprint density at radius 3 is 2.63 bits per heavy atom. The first-order chi connectivity index (χ1) is 14.3. The Hall–Kier alpha value is -1.85. The lowest BCUT2D eigenvalue weighted by Crippen LogP contribution is -2.42. The first kappa shape index (κ1) is 24.4. The highest BCUT2D eigenvalue weighted by atomic mass is 127. The number of nitrogens with zero attached hydrogens (tertiary/aromatic N) is 4. The van der Waals surface area contributed by atoms with Gasteiger partial charge in [0.05, 0.1) is 39.5 Å². The zero-order chi connectivity index (χ0) is 20.3. The van der Waals surface area contributed by atoms with Crippen molar-refractivity contribution >= 4 is 29.9 Å². The molecule has 1 atom stereocenters. The Kier molecular flexibility index (Phi) is 11.0. The molecule has 9 heteroatoms. The number of aromatic nitrogens is 2. The normalized spacial score (nSPS) is 15.9. The van der Waals surface area contributed by atoms with Crippen molar-refractivity contribution < 1.29 is 9.47 Å². The summed E-state index contributed by atoms with van der Waals surface area (Å²) in [5, 5.41) is 11.0. The molecule has 1 aromatic carbocycles. The zero-order valence-electron chi connectivity index (χ0n) is 17.8. The molecule has 1 unspecified atom stereocenters. The Bertz CT molecular complexity index is 732. The number of halogens is 1. The first-order valence-corrected chi connectivity index (χ1v) is 10.3. The highest BCUT2D eigenvalue weighted by Crippen LogP contribution is 2.24. The summed E-state index contributed by atoms with van der Waals surface area (Å²) >= 11 is 0. The van der Waals surface area contributed by atoms with E-state index in [9.17, 15) is 0 Å². The largest absolute Gasteiger partial charge is 0.497 e. The van der Waals surface area contributed by atoms with Crippen molar-refractivity contribution in [2.24, 2.45) is 4.99 Å². The minimum absolute atomic E-state index is 0. The van der Waals surface area contributed by atoms with Crippen molar-refractivity contribution in [1.29, 1.82) is 0 Å². The third-order valence-electron chi connectivity index (χ3n) is 4.95. The number of hydrogen-bond acceptors (Lipinski definition) is 5. The highest BCUT2D eigenvalue weighted by molar-refractivity contribution is 14.0. The van der Waals surface area contributed by atoms with E-state index < -0.39 is 0 Å². The van der Waals surface area contributed by atoms with E-state index in [1.807, 2.05) is 29.1 Å². The lowest BCUT2D eigenvalue weighted by Gasteiger charge is -2.34. The zero-order valence-corrected chi connectivity index (χ0v) is 20.1. The maximum atomic E-state index is 5.54. The van der Waals surface area contributed by atoms with Gasteiger partial charge in [-0.3, -0.25) is 14.6 Å². The van der Waals surface area contributed by atoms with Gasteiger partial charge in [0.1, 0.15) is 5.75 Å². The van der Waals surface area contributed by atoms with Gasteiger partial charge >= 0.3 is 0 Å². The smallest absolute Gasteiger partial charge is 0.191 e. The Morgan fingerprint density at radius 1 is 1.23 bits per heavy atom. The molecule has 1 aromatic heterocycles. The van der Waals surface area contributed by atoms with Crippen molar-refractivity contribution in [1.82, 2.24) is 25.3 Å². The third kappa shape index (κ3) is 7.44. The molecule has 0 saturated carbocycles. The minimum atomic E-state index is 0. The molecule has 0 radical (unpaired) electrons. The van der Waals surface area contributed by atoms with Gasteiger partial charge < -0.3 is 20.1 Å². The van der Waals surface area contributed by atoms with Crippen LogP contribution in [0.25, 0.3) is 0 Å². The van der Waals surface area contributed by atoms with E-state index in [0.717, 1.165) is 57.6 Å². The molecule has 166 valence electrons. The summed E-state index contributed by atoms with van der Waals surface area (Å²) in [7, 11) is 1.69. The van der Waals surface area contributed by atoms with E-state index in [4.69, 9.17) is 14.5 Å². The van der Waals surface area contributed by atoms with Gasteiger partial charge in [0.25, 0.3) is 0 Å². The van der Waals surface area contributed by atoms with Crippen LogP contribution in [0.1, 0.15) is 18.5 Å². The number of methoxy groups -OCH3 is 1. The summed E-state index contributed by atoms with van der Waals surface area (Å²) in [5.41, 5.74) is 1.24. The highest BCUT2D eigenvalue weighted by Gasteiger charge is 2.22. The van der Waals surface area contributed by atoms with E-state index in [0.29, 0.717) is 6.54 Å². The van der Waals surface area contributed by atoms with Crippen LogP contribution in [0.2, 0.25) is 0 Å². The molecule has 1 aliphatic rings. The number of morpholine rings is 1. The van der Waals surface area contributed by atoms with Crippen LogP contribution in [0.4, 0.5) is 0 Å². The summed E-state index contributed by atoms with van der Waals surface area (Å²) < 4.78 is 12.8. The van der Waals surface area contributed by atoms with Crippen LogP contribution >= 0.6 is 24.0 Å². The maximum absolute atomic E-state index is 5.54. The van der Waals surface area contributed by atoms with E-state index in [-0.39, 0.29) is 30.0 Å². The Labute approximate surface area is 196 Å². The van der Waals surface area contributed by atoms with Crippen LogP contribution in [0.15, 0.2) is 47.7 Å². The number of benzene rings is 1. The molecule has 2 heterocycles. The van der Waals surface area contributed by atoms with Gasteiger partial charge in [0, 0.05) is 38.6 Å². The van der Waals surface area contributed by atoms with Crippen LogP contribution in [0.3, 0.4) is 0 Å². The molecule has 0 bridgehead atoms. The Balaban J connectivity index is 0.00000320. The van der Waals surface area contributed by atoms with Gasteiger partial charge in [-0.25, -0.2) is 0 Å². The molecule has 1 saturated heterocycles. The predicted molar refractivity (Wildman–Crippen MR) is 130 cm³/mol. The van der Waals surface area contributed by atoms with E-state index in [2.05, 4.69) is 39.7 Å².